The Hall–Kier alpha value is -2.24. The average molecular weight is 232 g/mol. The maximum absolute atomic E-state index is 11.0. The number of para-hydroxylation sites is 1. The van der Waals surface area contributed by atoms with E-state index in [1.807, 2.05) is 31.2 Å². The van der Waals surface area contributed by atoms with Crippen LogP contribution in [-0.2, 0) is 4.79 Å². The van der Waals surface area contributed by atoms with Gasteiger partial charge in [0.1, 0.15) is 5.92 Å². The maximum atomic E-state index is 11.0. The fraction of sp³-hybridized carbons (Fsp3) is 0.273. The van der Waals surface area contributed by atoms with Crippen LogP contribution in [0.25, 0.3) is 5.69 Å². The van der Waals surface area contributed by atoms with Gasteiger partial charge in [-0.25, -0.2) is 0 Å². The van der Waals surface area contributed by atoms with Crippen LogP contribution in [0.15, 0.2) is 24.3 Å². The van der Waals surface area contributed by atoms with E-state index in [-0.39, 0.29) is 0 Å². The number of rotatable bonds is 3. The van der Waals surface area contributed by atoms with Crippen LogP contribution in [0.5, 0.6) is 0 Å². The van der Waals surface area contributed by atoms with Gasteiger partial charge in [0, 0.05) is 0 Å². The Morgan fingerprint density at radius 1 is 1.41 bits per heavy atom. The van der Waals surface area contributed by atoms with Gasteiger partial charge in [0.15, 0.2) is 5.82 Å². The zero-order valence-corrected chi connectivity index (χ0v) is 9.53. The molecule has 6 nitrogen and oxygen atoms in total. The number of benzene rings is 1. The molecule has 1 N–H and O–H groups in total. The van der Waals surface area contributed by atoms with Gasteiger partial charge in [-0.3, -0.25) is 4.79 Å². The van der Waals surface area contributed by atoms with Crippen LogP contribution in [0.4, 0.5) is 0 Å². The molecule has 88 valence electrons. The average Bonchev–Trinajstić information content (AvgIpc) is 2.77. The molecule has 0 aliphatic heterocycles. The van der Waals surface area contributed by atoms with Crippen LogP contribution in [0, 0.1) is 6.92 Å². The van der Waals surface area contributed by atoms with Crippen molar-refractivity contribution in [1.29, 1.82) is 0 Å². The maximum Gasteiger partial charge on any atom is 0.314 e. The number of carbonyl (C=O) groups is 1. The van der Waals surface area contributed by atoms with Crippen molar-refractivity contribution in [2.24, 2.45) is 0 Å². The van der Waals surface area contributed by atoms with Crippen molar-refractivity contribution < 1.29 is 9.90 Å². The molecule has 1 unspecified atom stereocenters. The highest BCUT2D eigenvalue weighted by atomic mass is 16.4. The fourth-order valence-electron chi connectivity index (χ4n) is 1.55. The lowest BCUT2D eigenvalue weighted by molar-refractivity contribution is -0.138. The van der Waals surface area contributed by atoms with Crippen LogP contribution in [0.3, 0.4) is 0 Å². The van der Waals surface area contributed by atoms with E-state index in [4.69, 9.17) is 5.11 Å². The lowest BCUT2D eigenvalue weighted by atomic mass is 10.1. The Bertz CT molecular complexity index is 550. The summed E-state index contributed by atoms with van der Waals surface area (Å²) in [4.78, 5) is 11.0. The van der Waals surface area contributed by atoms with Crippen LogP contribution < -0.4 is 0 Å². The van der Waals surface area contributed by atoms with Crippen molar-refractivity contribution in [3.8, 4) is 5.69 Å². The predicted molar refractivity (Wildman–Crippen MR) is 59.9 cm³/mol. The van der Waals surface area contributed by atoms with Crippen LogP contribution in [-0.4, -0.2) is 31.3 Å². The lowest BCUT2D eigenvalue weighted by Crippen LogP contribution is -2.14. The van der Waals surface area contributed by atoms with E-state index in [0.717, 1.165) is 11.3 Å². The second kappa shape index (κ2) is 4.32. The third-order valence-electron chi connectivity index (χ3n) is 2.59. The van der Waals surface area contributed by atoms with Gasteiger partial charge in [-0.15, -0.1) is 5.10 Å². The fourth-order valence-corrected chi connectivity index (χ4v) is 1.55. The summed E-state index contributed by atoms with van der Waals surface area (Å²) < 4.78 is 1.47. The molecule has 0 spiro atoms. The summed E-state index contributed by atoms with van der Waals surface area (Å²) in [6, 6.07) is 7.54. The first-order valence-electron chi connectivity index (χ1n) is 5.18. The zero-order valence-electron chi connectivity index (χ0n) is 9.53. The molecule has 0 fully saturated rings. The molecule has 0 amide bonds. The van der Waals surface area contributed by atoms with Crippen molar-refractivity contribution in [1.82, 2.24) is 20.2 Å². The number of carboxylic acids is 1. The quantitative estimate of drug-likeness (QED) is 0.858. The lowest BCUT2D eigenvalue weighted by Gasteiger charge is -2.09. The highest BCUT2D eigenvalue weighted by Crippen LogP contribution is 2.18. The van der Waals surface area contributed by atoms with Gasteiger partial charge in [-0.1, -0.05) is 18.2 Å². The van der Waals surface area contributed by atoms with Crippen LogP contribution in [0.1, 0.15) is 24.2 Å². The van der Waals surface area contributed by atoms with E-state index < -0.39 is 11.9 Å². The van der Waals surface area contributed by atoms with Crippen LogP contribution in [0.2, 0.25) is 0 Å². The van der Waals surface area contributed by atoms with E-state index in [0.29, 0.717) is 5.82 Å². The van der Waals surface area contributed by atoms with Gasteiger partial charge in [-0.05, 0) is 35.9 Å². The van der Waals surface area contributed by atoms with E-state index in [1.54, 1.807) is 6.92 Å². The molecule has 2 rings (SSSR count). The first-order valence-corrected chi connectivity index (χ1v) is 5.18. The summed E-state index contributed by atoms with van der Waals surface area (Å²) in [6.45, 7) is 3.48. The molecule has 1 aromatic carbocycles. The molecule has 0 saturated heterocycles. The number of tetrazole rings is 1. The van der Waals surface area contributed by atoms with Gasteiger partial charge in [0.25, 0.3) is 0 Å². The molecule has 1 aromatic heterocycles. The third-order valence-corrected chi connectivity index (χ3v) is 2.59. The van der Waals surface area contributed by atoms with Crippen molar-refractivity contribution in [2.45, 2.75) is 19.8 Å². The Morgan fingerprint density at radius 3 is 2.76 bits per heavy atom. The molecule has 0 aliphatic rings. The van der Waals surface area contributed by atoms with Crippen molar-refractivity contribution in [3.05, 3.63) is 35.7 Å². The summed E-state index contributed by atoms with van der Waals surface area (Å²) in [5.74, 6) is -1.37. The van der Waals surface area contributed by atoms with Gasteiger partial charge in [0.05, 0.1) is 5.69 Å². The van der Waals surface area contributed by atoms with E-state index in [9.17, 15) is 4.79 Å². The first-order chi connectivity index (χ1) is 8.11. The van der Waals surface area contributed by atoms with E-state index in [2.05, 4.69) is 15.5 Å². The minimum atomic E-state index is -0.949. The highest BCUT2D eigenvalue weighted by Gasteiger charge is 2.22. The van der Waals surface area contributed by atoms with Crippen molar-refractivity contribution in [3.63, 3.8) is 0 Å². The summed E-state index contributed by atoms with van der Waals surface area (Å²) in [6.07, 6.45) is 0. The second-order valence-electron chi connectivity index (χ2n) is 3.80. The molecule has 6 heteroatoms. The summed E-state index contributed by atoms with van der Waals surface area (Å²) in [7, 11) is 0. The molecule has 2 aromatic rings. The van der Waals surface area contributed by atoms with Gasteiger partial charge >= 0.3 is 5.97 Å². The number of nitrogens with zero attached hydrogens (tertiary/aromatic N) is 4. The molecule has 0 radical (unpaired) electrons. The Morgan fingerprint density at radius 2 is 2.12 bits per heavy atom. The van der Waals surface area contributed by atoms with Gasteiger partial charge < -0.3 is 5.11 Å². The molecular formula is C11H12N4O2. The smallest absolute Gasteiger partial charge is 0.314 e. The largest absolute Gasteiger partial charge is 0.481 e. The molecular weight excluding hydrogens is 220 g/mol. The number of hydrogen-bond donors (Lipinski definition) is 1. The van der Waals surface area contributed by atoms with E-state index in [1.165, 1.54) is 4.68 Å². The van der Waals surface area contributed by atoms with Crippen molar-refractivity contribution >= 4 is 5.97 Å². The molecule has 0 aliphatic carbocycles. The first kappa shape index (κ1) is 11.3. The standard InChI is InChI=1S/C11H12N4O2/c1-7-5-3-4-6-9(7)15-10(12-13-14-15)8(2)11(16)17/h3-6,8H,1-2H3,(H,16,17). The third kappa shape index (κ3) is 2.01. The Balaban J connectivity index is 2.51. The summed E-state index contributed by atoms with van der Waals surface area (Å²) >= 11 is 0. The number of carboxylic acid groups (broad SMARTS) is 1. The van der Waals surface area contributed by atoms with Gasteiger partial charge in [0.2, 0.25) is 0 Å². The molecule has 17 heavy (non-hydrogen) atoms. The molecule has 0 saturated carbocycles. The van der Waals surface area contributed by atoms with Crippen LogP contribution >= 0.6 is 0 Å². The second-order valence-corrected chi connectivity index (χ2v) is 3.80. The predicted octanol–water partition coefficient (Wildman–Crippen LogP) is 1.16. The molecule has 0 bridgehead atoms. The summed E-state index contributed by atoms with van der Waals surface area (Å²) in [5, 5.41) is 20.1. The number of aliphatic carboxylic acids is 1. The highest BCUT2D eigenvalue weighted by molar-refractivity contribution is 5.74. The number of aromatic nitrogens is 4. The Kier molecular flexibility index (Phi) is 2.86. The normalized spacial score (nSPS) is 12.4. The topological polar surface area (TPSA) is 80.9 Å². The molecule has 1 heterocycles. The minimum absolute atomic E-state index is 0.326. The summed E-state index contributed by atoms with van der Waals surface area (Å²) in [5.41, 5.74) is 1.78. The van der Waals surface area contributed by atoms with E-state index >= 15 is 0 Å². The van der Waals surface area contributed by atoms with Gasteiger partial charge in [-0.2, -0.15) is 4.68 Å². The minimum Gasteiger partial charge on any atom is -0.481 e. The van der Waals surface area contributed by atoms with Crippen molar-refractivity contribution in [2.75, 3.05) is 0 Å². The monoisotopic (exact) mass is 232 g/mol. The number of aryl methyl sites for hydroxylation is 1. The number of hydrogen-bond acceptors (Lipinski definition) is 4. The zero-order chi connectivity index (χ0) is 12.4. The molecule has 1 atom stereocenters. The Labute approximate surface area is 97.9 Å². The SMILES string of the molecule is Cc1ccccc1-n1nnnc1C(C)C(=O)O.